The number of aliphatic hydroxyl groups is 1. The van der Waals surface area contributed by atoms with Gasteiger partial charge < -0.3 is 20.1 Å². The van der Waals surface area contributed by atoms with E-state index in [2.05, 4.69) is 17.2 Å². The molecule has 0 atom stereocenters. The van der Waals surface area contributed by atoms with Crippen LogP contribution in [-0.4, -0.2) is 48.9 Å². The first kappa shape index (κ1) is 14.7. The lowest BCUT2D eigenvalue weighted by atomic mass is 10.2. The molecule has 0 aromatic heterocycles. The number of anilines is 1. The van der Waals surface area contributed by atoms with Gasteiger partial charge in [-0.3, -0.25) is 0 Å². The second kappa shape index (κ2) is 7.15. The molecule has 1 aromatic carbocycles. The maximum atomic E-state index is 12.1. The first-order valence-electron chi connectivity index (χ1n) is 6.23. The van der Waals surface area contributed by atoms with Crippen molar-refractivity contribution in [2.24, 2.45) is 0 Å². The largest absolute Gasteiger partial charge is 0.384 e. The smallest absolute Gasteiger partial charge is 0.322 e. The van der Waals surface area contributed by atoms with Gasteiger partial charge in [0.05, 0.1) is 18.9 Å². The van der Waals surface area contributed by atoms with Crippen LogP contribution in [0.2, 0.25) is 5.02 Å². The summed E-state index contributed by atoms with van der Waals surface area (Å²) in [6, 6.07) is 4.84. The zero-order valence-electron chi connectivity index (χ0n) is 10.9. The first-order valence-corrected chi connectivity index (χ1v) is 6.61. The van der Waals surface area contributed by atoms with E-state index in [-0.39, 0.29) is 12.6 Å². The van der Waals surface area contributed by atoms with Crippen LogP contribution in [0.4, 0.5) is 10.5 Å². The van der Waals surface area contributed by atoms with Crippen LogP contribution in [-0.2, 0) is 4.74 Å². The molecule has 106 valence electrons. The Morgan fingerprint density at radius 1 is 1.45 bits per heavy atom. The Kier molecular flexibility index (Phi) is 5.24. The molecule has 1 saturated heterocycles. The minimum Gasteiger partial charge on any atom is -0.384 e. The van der Waals surface area contributed by atoms with Crippen LogP contribution in [0.1, 0.15) is 5.56 Å². The highest BCUT2D eigenvalue weighted by Crippen LogP contribution is 2.20. The van der Waals surface area contributed by atoms with E-state index in [4.69, 9.17) is 21.4 Å². The third-order valence-electron chi connectivity index (χ3n) is 2.82. The van der Waals surface area contributed by atoms with Crippen molar-refractivity contribution in [1.82, 2.24) is 4.90 Å². The molecular weight excluding hydrogens is 280 g/mol. The van der Waals surface area contributed by atoms with Crippen molar-refractivity contribution in [2.75, 3.05) is 38.2 Å². The van der Waals surface area contributed by atoms with Crippen LogP contribution < -0.4 is 5.32 Å². The van der Waals surface area contributed by atoms with Gasteiger partial charge in [-0.25, -0.2) is 4.79 Å². The second-order valence-corrected chi connectivity index (χ2v) is 4.62. The van der Waals surface area contributed by atoms with Crippen LogP contribution in [0.3, 0.4) is 0 Å². The fourth-order valence-corrected chi connectivity index (χ4v) is 2.00. The van der Waals surface area contributed by atoms with Crippen molar-refractivity contribution < 1.29 is 14.6 Å². The van der Waals surface area contributed by atoms with E-state index in [1.807, 2.05) is 0 Å². The number of benzene rings is 1. The molecular formula is C14H15ClN2O3. The molecule has 6 heteroatoms. The van der Waals surface area contributed by atoms with Gasteiger partial charge >= 0.3 is 6.03 Å². The molecule has 1 aliphatic rings. The number of nitrogens with one attached hydrogen (secondary N) is 1. The molecule has 2 N–H and O–H groups in total. The van der Waals surface area contributed by atoms with E-state index >= 15 is 0 Å². The van der Waals surface area contributed by atoms with Crippen LogP contribution >= 0.6 is 11.6 Å². The number of carbonyl (C=O) groups excluding carboxylic acids is 1. The van der Waals surface area contributed by atoms with Crippen LogP contribution in [0.15, 0.2) is 18.2 Å². The minimum atomic E-state index is -0.247. The Morgan fingerprint density at radius 3 is 2.90 bits per heavy atom. The van der Waals surface area contributed by atoms with Gasteiger partial charge in [0.2, 0.25) is 0 Å². The Hall–Kier alpha value is -1.74. The van der Waals surface area contributed by atoms with Gasteiger partial charge in [0.25, 0.3) is 0 Å². The van der Waals surface area contributed by atoms with Crippen LogP contribution in [0.25, 0.3) is 0 Å². The predicted molar refractivity (Wildman–Crippen MR) is 76.8 cm³/mol. The molecule has 0 unspecified atom stereocenters. The average molecular weight is 295 g/mol. The molecule has 0 aliphatic carbocycles. The summed E-state index contributed by atoms with van der Waals surface area (Å²) in [5, 5.41) is 12.1. The number of urea groups is 1. The van der Waals surface area contributed by atoms with E-state index < -0.39 is 0 Å². The topological polar surface area (TPSA) is 61.8 Å². The number of rotatable bonds is 1. The SMILES string of the molecule is O=C(Nc1ccc(Cl)cc1C#CCO)N1CCOCC1. The summed E-state index contributed by atoms with van der Waals surface area (Å²) in [5.41, 5.74) is 1.15. The lowest BCUT2D eigenvalue weighted by Gasteiger charge is -2.27. The van der Waals surface area contributed by atoms with Gasteiger partial charge in [0.15, 0.2) is 0 Å². The number of halogens is 1. The fourth-order valence-electron chi connectivity index (χ4n) is 1.82. The van der Waals surface area contributed by atoms with Crippen molar-refractivity contribution >= 4 is 23.3 Å². The molecule has 0 radical (unpaired) electrons. The fraction of sp³-hybridized carbons (Fsp3) is 0.357. The molecule has 1 aliphatic heterocycles. The number of amides is 2. The lowest BCUT2D eigenvalue weighted by Crippen LogP contribution is -2.43. The van der Waals surface area contributed by atoms with Gasteiger partial charge in [0.1, 0.15) is 6.61 Å². The van der Waals surface area contributed by atoms with E-state index in [1.165, 1.54) is 0 Å². The molecule has 1 aromatic rings. The Labute approximate surface area is 122 Å². The van der Waals surface area contributed by atoms with E-state index in [0.717, 1.165) is 0 Å². The zero-order chi connectivity index (χ0) is 14.4. The molecule has 2 rings (SSSR count). The summed E-state index contributed by atoms with van der Waals surface area (Å²) < 4.78 is 5.20. The van der Waals surface area contributed by atoms with Crippen molar-refractivity contribution in [2.45, 2.75) is 0 Å². The predicted octanol–water partition coefficient (Wildman–Crippen LogP) is 1.55. The maximum Gasteiger partial charge on any atom is 0.322 e. The minimum absolute atomic E-state index is 0.192. The monoisotopic (exact) mass is 294 g/mol. The van der Waals surface area contributed by atoms with E-state index in [0.29, 0.717) is 42.6 Å². The van der Waals surface area contributed by atoms with Crippen LogP contribution in [0.5, 0.6) is 0 Å². The van der Waals surface area contributed by atoms with Gasteiger partial charge in [-0.1, -0.05) is 23.4 Å². The Morgan fingerprint density at radius 2 is 2.20 bits per heavy atom. The number of hydrogen-bond donors (Lipinski definition) is 2. The van der Waals surface area contributed by atoms with Crippen molar-refractivity contribution in [3.63, 3.8) is 0 Å². The van der Waals surface area contributed by atoms with Gasteiger partial charge in [-0.2, -0.15) is 0 Å². The van der Waals surface area contributed by atoms with E-state index in [1.54, 1.807) is 23.1 Å². The first-order chi connectivity index (χ1) is 9.70. The average Bonchev–Trinajstić information content (AvgIpc) is 2.48. The van der Waals surface area contributed by atoms with Gasteiger partial charge in [0, 0.05) is 23.7 Å². The Bertz CT molecular complexity index is 545. The van der Waals surface area contributed by atoms with Gasteiger partial charge in [-0.05, 0) is 18.2 Å². The Balaban J connectivity index is 2.13. The number of hydrogen-bond acceptors (Lipinski definition) is 3. The number of nitrogens with zero attached hydrogens (tertiary/aromatic N) is 1. The highest BCUT2D eigenvalue weighted by molar-refractivity contribution is 6.30. The molecule has 2 amide bonds. The highest BCUT2D eigenvalue weighted by atomic mass is 35.5. The van der Waals surface area contributed by atoms with Crippen molar-refractivity contribution in [3.05, 3.63) is 28.8 Å². The molecule has 0 spiro atoms. The summed E-state index contributed by atoms with van der Waals surface area (Å²) in [6.45, 7) is 1.98. The van der Waals surface area contributed by atoms with E-state index in [9.17, 15) is 4.79 Å². The molecule has 1 heterocycles. The molecule has 0 bridgehead atoms. The second-order valence-electron chi connectivity index (χ2n) is 4.18. The molecule has 0 saturated carbocycles. The number of carbonyl (C=O) groups is 1. The molecule has 5 nitrogen and oxygen atoms in total. The summed E-state index contributed by atoms with van der Waals surface area (Å²) in [7, 11) is 0. The molecule has 20 heavy (non-hydrogen) atoms. The number of morpholine rings is 1. The third kappa shape index (κ3) is 3.87. The summed E-state index contributed by atoms with van der Waals surface area (Å²) in [6.07, 6.45) is 0. The summed E-state index contributed by atoms with van der Waals surface area (Å²) >= 11 is 5.91. The normalized spacial score (nSPS) is 14.4. The quantitative estimate of drug-likeness (QED) is 0.773. The van der Waals surface area contributed by atoms with Gasteiger partial charge in [-0.15, -0.1) is 0 Å². The number of ether oxygens (including phenoxy) is 1. The zero-order valence-corrected chi connectivity index (χ0v) is 11.6. The highest BCUT2D eigenvalue weighted by Gasteiger charge is 2.17. The number of aliphatic hydroxyl groups excluding tert-OH is 1. The van der Waals surface area contributed by atoms with Crippen LogP contribution in [0, 0.1) is 11.8 Å². The summed E-state index contributed by atoms with van der Waals surface area (Å²) in [5.74, 6) is 5.32. The third-order valence-corrected chi connectivity index (χ3v) is 3.06. The molecule has 1 fully saturated rings. The van der Waals surface area contributed by atoms with Crippen molar-refractivity contribution in [1.29, 1.82) is 0 Å². The lowest BCUT2D eigenvalue weighted by molar-refractivity contribution is 0.0564. The summed E-state index contributed by atoms with van der Waals surface area (Å²) in [4.78, 5) is 13.8. The maximum absolute atomic E-state index is 12.1. The van der Waals surface area contributed by atoms with Crippen molar-refractivity contribution in [3.8, 4) is 11.8 Å². The standard InChI is InChI=1S/C14H15ClN2O3/c15-12-3-4-13(11(10-12)2-1-7-18)16-14(19)17-5-8-20-9-6-17/h3-4,10,18H,5-9H2,(H,16,19).